The van der Waals surface area contributed by atoms with E-state index in [-0.39, 0.29) is 5.78 Å². The molecule has 0 unspecified atom stereocenters. The Hall–Kier alpha value is -1.77. The monoisotopic (exact) mass is 163 g/mol. The van der Waals surface area contributed by atoms with Gasteiger partial charge in [-0.1, -0.05) is 0 Å². The average molecular weight is 163 g/mol. The number of nitriles is 1. The van der Waals surface area contributed by atoms with Gasteiger partial charge < -0.3 is 20.1 Å². The Kier molecular flexibility index (Phi) is 23.0. The maximum absolute atomic E-state index is 9.44. The van der Waals surface area contributed by atoms with Gasteiger partial charge in [-0.2, -0.15) is 5.26 Å². The van der Waals surface area contributed by atoms with Crippen molar-refractivity contribution in [1.29, 1.82) is 5.26 Å². The Labute approximate surface area is 63.3 Å². The third kappa shape index (κ3) is 102. The molecule has 0 aromatic rings. The van der Waals surface area contributed by atoms with Crippen LogP contribution in [0.1, 0.15) is 13.8 Å². The van der Waals surface area contributed by atoms with Crippen molar-refractivity contribution in [2.45, 2.75) is 13.8 Å². The highest BCUT2D eigenvalue weighted by molar-refractivity contribution is 5.72. The molecular formula is C5H9NO5. The molecule has 0 rings (SSSR count). The van der Waals surface area contributed by atoms with Crippen LogP contribution in [0.5, 0.6) is 0 Å². The van der Waals surface area contributed by atoms with E-state index >= 15 is 0 Å². The molecule has 0 aromatic carbocycles. The lowest BCUT2D eigenvalue weighted by Crippen LogP contribution is -1.81. The third-order valence-electron chi connectivity index (χ3n) is 0. The van der Waals surface area contributed by atoms with Crippen molar-refractivity contribution in [3.63, 3.8) is 0 Å². The number of hydrogen-bond donors (Lipinski definition) is 3. The Morgan fingerprint density at radius 1 is 1.27 bits per heavy atom. The van der Waals surface area contributed by atoms with Gasteiger partial charge in [0.15, 0.2) is 0 Å². The van der Waals surface area contributed by atoms with Gasteiger partial charge in [0.2, 0.25) is 0 Å². The van der Waals surface area contributed by atoms with Crippen LogP contribution >= 0.6 is 0 Å². The average Bonchev–Trinajstić information content (AvgIpc) is 1.60. The summed E-state index contributed by atoms with van der Waals surface area (Å²) in [5.41, 5.74) is 0. The molecule has 0 amide bonds. The summed E-state index contributed by atoms with van der Waals surface area (Å²) in [6.07, 6.45) is -1.08. The molecular weight excluding hydrogens is 154 g/mol. The summed E-state index contributed by atoms with van der Waals surface area (Å²) in [6.45, 7) is 3.06. The summed E-state index contributed by atoms with van der Waals surface area (Å²) in [5, 5.41) is 27.7. The number of rotatable bonds is 0. The molecule has 0 saturated heterocycles. The predicted octanol–water partition coefficient (Wildman–Crippen LogP) is 0.658. The van der Waals surface area contributed by atoms with E-state index < -0.39 is 6.16 Å². The van der Waals surface area contributed by atoms with Crippen molar-refractivity contribution >= 4 is 11.9 Å². The van der Waals surface area contributed by atoms with E-state index in [1.165, 1.54) is 13.8 Å². The van der Waals surface area contributed by atoms with Gasteiger partial charge in [0, 0.05) is 0 Å². The maximum atomic E-state index is 9.44. The summed E-state index contributed by atoms with van der Waals surface area (Å²) in [5.74, 6) is 0.167. The first-order chi connectivity index (χ1) is 4.88. The number of carbonyl (C=O) groups is 2. The van der Waals surface area contributed by atoms with E-state index in [0.717, 1.165) is 6.26 Å². The molecule has 6 heteroatoms. The van der Waals surface area contributed by atoms with Gasteiger partial charge in [-0.3, -0.25) is 0 Å². The van der Waals surface area contributed by atoms with Crippen molar-refractivity contribution in [3.05, 3.63) is 0 Å². The van der Waals surface area contributed by atoms with E-state index in [2.05, 4.69) is 0 Å². The standard InChI is InChI=1S/C3H6O.CHNO.CH2O3/c1-3(2)4;2-1-3;2-1(3)4/h1-2H3;3H;(H2,2,3,4). The molecule has 0 bridgehead atoms. The van der Waals surface area contributed by atoms with E-state index in [1.54, 1.807) is 0 Å². The first-order valence-corrected chi connectivity index (χ1v) is 2.30. The van der Waals surface area contributed by atoms with Crippen LogP contribution in [0.3, 0.4) is 0 Å². The SMILES string of the molecule is CC(C)=O.N#CO.O=C(O)O. The number of carbonyl (C=O) groups excluding carboxylic acids is 1. The van der Waals surface area contributed by atoms with Gasteiger partial charge in [0.1, 0.15) is 5.78 Å². The smallest absolute Gasteiger partial charge is 0.450 e. The molecule has 64 valence electrons. The van der Waals surface area contributed by atoms with Crippen molar-refractivity contribution in [2.24, 2.45) is 0 Å². The van der Waals surface area contributed by atoms with Gasteiger partial charge >= 0.3 is 6.16 Å². The Morgan fingerprint density at radius 2 is 1.27 bits per heavy atom. The number of aliphatic hydroxyl groups excluding tert-OH is 1. The van der Waals surface area contributed by atoms with E-state index in [9.17, 15) is 4.79 Å². The molecule has 0 spiro atoms. The van der Waals surface area contributed by atoms with Crippen LogP contribution in [0.2, 0.25) is 0 Å². The second-order valence-corrected chi connectivity index (χ2v) is 1.29. The van der Waals surface area contributed by atoms with Crippen molar-refractivity contribution in [2.75, 3.05) is 0 Å². The van der Waals surface area contributed by atoms with Crippen LogP contribution in [-0.2, 0) is 4.79 Å². The third-order valence-corrected chi connectivity index (χ3v) is 0. The van der Waals surface area contributed by atoms with Crippen molar-refractivity contribution in [1.82, 2.24) is 0 Å². The van der Waals surface area contributed by atoms with Crippen molar-refractivity contribution < 1.29 is 24.9 Å². The number of ketones is 1. The largest absolute Gasteiger partial charge is 0.503 e. The predicted molar refractivity (Wildman–Crippen MR) is 34.6 cm³/mol. The molecule has 3 N–H and O–H groups in total. The van der Waals surface area contributed by atoms with Crippen LogP contribution in [0, 0.1) is 11.5 Å². The van der Waals surface area contributed by atoms with Gasteiger partial charge in [-0.05, 0) is 13.8 Å². The lowest BCUT2D eigenvalue weighted by molar-refractivity contribution is -0.115. The first-order valence-electron chi connectivity index (χ1n) is 2.30. The zero-order chi connectivity index (χ0) is 9.86. The molecule has 0 fully saturated rings. The minimum atomic E-state index is -1.83. The summed E-state index contributed by atoms with van der Waals surface area (Å²) in [6, 6.07) is 0. The van der Waals surface area contributed by atoms with E-state index in [1.807, 2.05) is 0 Å². The first kappa shape index (κ1) is 16.1. The van der Waals surface area contributed by atoms with Crippen LogP contribution < -0.4 is 0 Å². The van der Waals surface area contributed by atoms with Gasteiger partial charge in [0.25, 0.3) is 6.26 Å². The zero-order valence-corrected chi connectivity index (χ0v) is 6.11. The van der Waals surface area contributed by atoms with E-state index in [0.29, 0.717) is 0 Å². The van der Waals surface area contributed by atoms with Gasteiger partial charge in [0.05, 0.1) is 0 Å². The number of carboxylic acid groups (broad SMARTS) is 2. The molecule has 11 heavy (non-hydrogen) atoms. The van der Waals surface area contributed by atoms with Crippen LogP contribution in [-0.4, -0.2) is 27.3 Å². The molecule has 0 heterocycles. The Bertz CT molecular complexity index is 127. The number of nitrogens with zero attached hydrogens (tertiary/aromatic N) is 1. The normalized spacial score (nSPS) is 5.18. The summed E-state index contributed by atoms with van der Waals surface area (Å²) < 4.78 is 0. The molecule has 0 aromatic heterocycles. The van der Waals surface area contributed by atoms with Crippen LogP contribution in [0.15, 0.2) is 0 Å². The summed E-state index contributed by atoms with van der Waals surface area (Å²) >= 11 is 0. The molecule has 0 atom stereocenters. The topological polar surface area (TPSA) is 119 Å². The number of aliphatic hydroxyl groups is 1. The molecule has 0 aliphatic rings. The summed E-state index contributed by atoms with van der Waals surface area (Å²) in [4.78, 5) is 18.0. The summed E-state index contributed by atoms with van der Waals surface area (Å²) in [7, 11) is 0. The zero-order valence-electron chi connectivity index (χ0n) is 6.11. The number of hydrogen-bond acceptors (Lipinski definition) is 4. The van der Waals surface area contributed by atoms with E-state index in [4.69, 9.17) is 25.4 Å². The second kappa shape index (κ2) is 15.7. The molecule has 0 saturated carbocycles. The highest BCUT2D eigenvalue weighted by Crippen LogP contribution is 1.50. The number of Topliss-reactive ketones (excluding diaryl/α,β-unsaturated/α-hetero) is 1. The molecule has 6 nitrogen and oxygen atoms in total. The van der Waals surface area contributed by atoms with Crippen LogP contribution in [0.4, 0.5) is 4.79 Å². The van der Waals surface area contributed by atoms with Gasteiger partial charge in [-0.25, -0.2) is 4.79 Å². The van der Waals surface area contributed by atoms with Crippen LogP contribution in [0.25, 0.3) is 0 Å². The minimum Gasteiger partial charge on any atom is -0.450 e. The quantitative estimate of drug-likeness (QED) is 0.451. The minimum absolute atomic E-state index is 0.167. The molecule has 0 radical (unpaired) electrons. The molecule has 0 aliphatic carbocycles. The fourth-order valence-electron chi connectivity index (χ4n) is 0. The lowest BCUT2D eigenvalue weighted by atomic mass is 10.6. The van der Waals surface area contributed by atoms with Gasteiger partial charge in [-0.15, -0.1) is 0 Å². The molecule has 0 aliphatic heterocycles. The van der Waals surface area contributed by atoms with Crippen molar-refractivity contribution in [3.8, 4) is 6.26 Å². The fourth-order valence-corrected chi connectivity index (χ4v) is 0. The Balaban J connectivity index is -0.0000000886. The second-order valence-electron chi connectivity index (χ2n) is 1.29. The lowest BCUT2D eigenvalue weighted by Gasteiger charge is -1.60. The maximum Gasteiger partial charge on any atom is 0.503 e. The highest BCUT2D eigenvalue weighted by Gasteiger charge is 1.70. The highest BCUT2D eigenvalue weighted by atomic mass is 16.6. The Morgan fingerprint density at radius 3 is 1.27 bits per heavy atom. The fraction of sp³-hybridized carbons (Fsp3) is 0.400.